The van der Waals surface area contributed by atoms with E-state index in [-0.39, 0.29) is 24.1 Å². The average molecular weight is 312 g/mol. The molecule has 0 aliphatic rings. The molecular weight excluding hydrogens is 288 g/mol. The normalized spacial score (nSPS) is 12.3. The molecular formula is C15H24N2O3S. The Morgan fingerprint density at radius 3 is 2.43 bits per heavy atom. The largest absolute Gasteiger partial charge is 0.461 e. The smallest absolute Gasteiger partial charge is 0.358 e. The number of ether oxygens (including phenoxy) is 1. The Morgan fingerprint density at radius 1 is 1.33 bits per heavy atom. The summed E-state index contributed by atoms with van der Waals surface area (Å²) in [6.45, 7) is 9.88. The molecule has 1 unspecified atom stereocenters. The standard InChI is InChI=1S/C15H24N2O3S/c1-7-20-14(19)12-13(11(5)18)21-15(16-12)17(6)10(4)8-9(2)3/h9-10H,7-8H2,1-6H3. The number of nitrogens with zero attached hydrogens (tertiary/aromatic N) is 2. The first-order chi connectivity index (χ1) is 9.77. The lowest BCUT2D eigenvalue weighted by Gasteiger charge is -2.25. The zero-order valence-electron chi connectivity index (χ0n) is 13.6. The molecule has 0 aromatic carbocycles. The van der Waals surface area contributed by atoms with Crippen molar-refractivity contribution in [1.82, 2.24) is 4.98 Å². The Kier molecular flexibility index (Phi) is 6.33. The van der Waals surface area contributed by atoms with Crippen molar-refractivity contribution in [2.24, 2.45) is 5.92 Å². The van der Waals surface area contributed by atoms with Gasteiger partial charge in [-0.15, -0.1) is 0 Å². The van der Waals surface area contributed by atoms with E-state index in [2.05, 4.69) is 25.8 Å². The number of hydrogen-bond donors (Lipinski definition) is 0. The molecule has 118 valence electrons. The summed E-state index contributed by atoms with van der Waals surface area (Å²) in [5.74, 6) is -0.124. The van der Waals surface area contributed by atoms with E-state index in [1.165, 1.54) is 18.3 Å². The molecule has 5 nitrogen and oxygen atoms in total. The van der Waals surface area contributed by atoms with E-state index in [0.29, 0.717) is 15.9 Å². The van der Waals surface area contributed by atoms with Crippen molar-refractivity contribution < 1.29 is 14.3 Å². The number of Topliss-reactive ketones (excluding diaryl/α,β-unsaturated/α-hetero) is 1. The van der Waals surface area contributed by atoms with Gasteiger partial charge in [0.2, 0.25) is 0 Å². The van der Waals surface area contributed by atoms with Gasteiger partial charge in [0.15, 0.2) is 16.6 Å². The van der Waals surface area contributed by atoms with Crippen LogP contribution in [-0.4, -0.2) is 36.4 Å². The van der Waals surface area contributed by atoms with Crippen molar-refractivity contribution in [3.05, 3.63) is 10.6 Å². The molecule has 0 bridgehead atoms. The summed E-state index contributed by atoms with van der Waals surface area (Å²) >= 11 is 1.25. The van der Waals surface area contributed by atoms with Crippen molar-refractivity contribution in [3.63, 3.8) is 0 Å². The third kappa shape index (κ3) is 4.52. The van der Waals surface area contributed by atoms with Crippen LogP contribution in [0.3, 0.4) is 0 Å². The van der Waals surface area contributed by atoms with E-state index in [9.17, 15) is 9.59 Å². The molecule has 6 heteroatoms. The molecule has 1 rings (SSSR count). The molecule has 1 aromatic rings. The molecule has 0 fully saturated rings. The first-order valence-corrected chi connectivity index (χ1v) is 8.01. The van der Waals surface area contributed by atoms with Crippen LogP contribution in [0.1, 0.15) is 61.2 Å². The Labute approximate surface area is 130 Å². The summed E-state index contributed by atoms with van der Waals surface area (Å²) in [6.07, 6.45) is 1.01. The van der Waals surface area contributed by atoms with Gasteiger partial charge in [-0.2, -0.15) is 0 Å². The highest BCUT2D eigenvalue weighted by molar-refractivity contribution is 7.17. The Hall–Kier alpha value is -1.43. The third-order valence-electron chi connectivity index (χ3n) is 3.18. The van der Waals surface area contributed by atoms with Crippen LogP contribution in [0, 0.1) is 5.92 Å². The van der Waals surface area contributed by atoms with Gasteiger partial charge >= 0.3 is 5.97 Å². The van der Waals surface area contributed by atoms with Crippen LogP contribution in [0.15, 0.2) is 0 Å². The van der Waals surface area contributed by atoms with Crippen LogP contribution >= 0.6 is 11.3 Å². The van der Waals surface area contributed by atoms with Gasteiger partial charge in [-0.3, -0.25) is 4.79 Å². The monoisotopic (exact) mass is 312 g/mol. The lowest BCUT2D eigenvalue weighted by Crippen LogP contribution is -2.30. The number of carbonyl (C=O) groups excluding carboxylic acids is 2. The lowest BCUT2D eigenvalue weighted by molar-refractivity contribution is 0.0517. The quantitative estimate of drug-likeness (QED) is 0.570. The molecule has 0 amide bonds. The fraction of sp³-hybridized carbons (Fsp3) is 0.667. The van der Waals surface area contributed by atoms with Crippen LogP contribution in [-0.2, 0) is 4.74 Å². The molecule has 0 saturated carbocycles. The second kappa shape index (κ2) is 7.54. The lowest BCUT2D eigenvalue weighted by atomic mass is 10.0. The van der Waals surface area contributed by atoms with E-state index >= 15 is 0 Å². The number of carbonyl (C=O) groups is 2. The second-order valence-electron chi connectivity index (χ2n) is 5.54. The van der Waals surface area contributed by atoms with Crippen molar-refractivity contribution in [2.75, 3.05) is 18.6 Å². The van der Waals surface area contributed by atoms with Gasteiger partial charge in [0.1, 0.15) is 4.88 Å². The fourth-order valence-electron chi connectivity index (χ4n) is 2.06. The number of ketones is 1. The Bertz CT molecular complexity index is 511. The number of hydrogen-bond acceptors (Lipinski definition) is 6. The highest BCUT2D eigenvalue weighted by atomic mass is 32.1. The molecule has 1 heterocycles. The summed E-state index contributed by atoms with van der Waals surface area (Å²) in [5.41, 5.74) is 0.132. The second-order valence-corrected chi connectivity index (χ2v) is 6.52. The topological polar surface area (TPSA) is 59.5 Å². The van der Waals surface area contributed by atoms with E-state index in [0.717, 1.165) is 6.42 Å². The van der Waals surface area contributed by atoms with Crippen molar-refractivity contribution in [1.29, 1.82) is 0 Å². The summed E-state index contributed by atoms with van der Waals surface area (Å²) in [7, 11) is 1.94. The number of esters is 1. The SMILES string of the molecule is CCOC(=O)c1nc(N(C)C(C)CC(C)C)sc1C(C)=O. The average Bonchev–Trinajstić information content (AvgIpc) is 2.82. The molecule has 0 spiro atoms. The van der Waals surface area contributed by atoms with E-state index < -0.39 is 5.97 Å². The maximum absolute atomic E-state index is 11.9. The maximum atomic E-state index is 11.9. The molecule has 1 atom stereocenters. The first-order valence-electron chi connectivity index (χ1n) is 7.19. The fourth-order valence-corrected chi connectivity index (χ4v) is 3.08. The van der Waals surface area contributed by atoms with Crippen LogP contribution in [0.4, 0.5) is 5.13 Å². The highest BCUT2D eigenvalue weighted by Crippen LogP contribution is 2.29. The molecule has 0 aliphatic carbocycles. The van der Waals surface area contributed by atoms with Gasteiger partial charge in [-0.1, -0.05) is 25.2 Å². The predicted molar refractivity (Wildman–Crippen MR) is 85.4 cm³/mol. The number of thiazole rings is 1. The summed E-state index contributed by atoms with van der Waals surface area (Å²) < 4.78 is 4.97. The van der Waals surface area contributed by atoms with Gasteiger partial charge in [0, 0.05) is 20.0 Å². The van der Waals surface area contributed by atoms with Gasteiger partial charge < -0.3 is 9.64 Å². The molecule has 0 aliphatic heterocycles. The summed E-state index contributed by atoms with van der Waals surface area (Å²) in [5, 5.41) is 0.677. The minimum Gasteiger partial charge on any atom is -0.461 e. The Balaban J connectivity index is 3.07. The van der Waals surface area contributed by atoms with E-state index in [1.807, 2.05) is 11.9 Å². The number of anilines is 1. The minimum absolute atomic E-state index is 0.132. The van der Waals surface area contributed by atoms with E-state index in [4.69, 9.17) is 4.74 Å². The van der Waals surface area contributed by atoms with Crippen molar-refractivity contribution in [2.45, 2.75) is 47.1 Å². The van der Waals surface area contributed by atoms with Crippen LogP contribution in [0.2, 0.25) is 0 Å². The van der Waals surface area contributed by atoms with Crippen molar-refractivity contribution in [3.8, 4) is 0 Å². The van der Waals surface area contributed by atoms with Crippen molar-refractivity contribution >= 4 is 28.2 Å². The van der Waals surface area contributed by atoms with Crippen LogP contribution < -0.4 is 4.90 Å². The molecule has 0 radical (unpaired) electrons. The summed E-state index contributed by atoms with van der Waals surface area (Å²) in [6, 6.07) is 0.283. The third-order valence-corrected chi connectivity index (χ3v) is 4.43. The maximum Gasteiger partial charge on any atom is 0.358 e. The zero-order chi connectivity index (χ0) is 16.2. The van der Waals surface area contributed by atoms with Crippen LogP contribution in [0.5, 0.6) is 0 Å². The number of rotatable bonds is 7. The van der Waals surface area contributed by atoms with Gasteiger partial charge in [-0.25, -0.2) is 9.78 Å². The van der Waals surface area contributed by atoms with Gasteiger partial charge in [-0.05, 0) is 26.2 Å². The molecule has 0 saturated heterocycles. The zero-order valence-corrected chi connectivity index (χ0v) is 14.4. The first kappa shape index (κ1) is 17.6. The summed E-state index contributed by atoms with van der Waals surface area (Å²) in [4.78, 5) is 30.3. The van der Waals surface area contributed by atoms with E-state index in [1.54, 1.807) is 6.92 Å². The molecule has 21 heavy (non-hydrogen) atoms. The highest BCUT2D eigenvalue weighted by Gasteiger charge is 2.25. The van der Waals surface area contributed by atoms with Crippen LogP contribution in [0.25, 0.3) is 0 Å². The Morgan fingerprint density at radius 2 is 1.95 bits per heavy atom. The van der Waals surface area contributed by atoms with Gasteiger partial charge in [0.05, 0.1) is 6.61 Å². The predicted octanol–water partition coefficient (Wildman–Crippen LogP) is 3.39. The minimum atomic E-state index is -0.532. The molecule has 0 N–H and O–H groups in total. The van der Waals surface area contributed by atoms with Gasteiger partial charge in [0.25, 0.3) is 0 Å². The molecule has 1 aromatic heterocycles. The number of aromatic nitrogens is 1.